The Balaban J connectivity index is 1.75. The molecule has 0 aliphatic carbocycles. The van der Waals surface area contributed by atoms with Crippen molar-refractivity contribution in [1.29, 1.82) is 0 Å². The van der Waals surface area contributed by atoms with Crippen LogP contribution in [-0.4, -0.2) is 0 Å². The van der Waals surface area contributed by atoms with Crippen LogP contribution in [0, 0.1) is 36.0 Å². The number of aryl methyl sites for hydroxylation is 1. The topological polar surface area (TPSA) is 9.23 Å². The summed E-state index contributed by atoms with van der Waals surface area (Å²) in [5.74, 6) is -6.22. The lowest BCUT2D eigenvalue weighted by Gasteiger charge is -2.09. The molecule has 0 bridgehead atoms. The van der Waals surface area contributed by atoms with Crippen LogP contribution in [0.2, 0.25) is 0 Å². The molecule has 0 saturated heterocycles. The van der Waals surface area contributed by atoms with Gasteiger partial charge in [0.2, 0.25) is 0 Å². The summed E-state index contributed by atoms with van der Waals surface area (Å²) in [6, 6.07) is 10.9. The Bertz CT molecular complexity index is 928. The summed E-state index contributed by atoms with van der Waals surface area (Å²) in [6.07, 6.45) is 0. The van der Waals surface area contributed by atoms with Crippen LogP contribution in [0.1, 0.15) is 11.1 Å². The van der Waals surface area contributed by atoms with E-state index in [1.807, 2.05) is 0 Å². The van der Waals surface area contributed by atoms with Crippen molar-refractivity contribution < 1.29 is 26.7 Å². The minimum Gasteiger partial charge on any atom is -0.489 e. The maximum Gasteiger partial charge on any atom is 0.194 e. The predicted molar refractivity (Wildman–Crippen MR) is 87.2 cm³/mol. The molecule has 0 aliphatic heterocycles. The molecule has 6 heteroatoms. The van der Waals surface area contributed by atoms with E-state index >= 15 is 0 Å². The Morgan fingerprint density at radius 1 is 0.731 bits per heavy atom. The third kappa shape index (κ3) is 3.54. The zero-order valence-electron chi connectivity index (χ0n) is 13.6. The van der Waals surface area contributed by atoms with E-state index in [9.17, 15) is 22.0 Å². The zero-order chi connectivity index (χ0) is 18.8. The molecule has 0 aromatic heterocycles. The molecule has 0 aliphatic rings. The Hall–Kier alpha value is -2.89. The van der Waals surface area contributed by atoms with Crippen LogP contribution >= 0.6 is 0 Å². The average molecular weight is 364 g/mol. The van der Waals surface area contributed by atoms with Gasteiger partial charge in [-0.3, -0.25) is 0 Å². The highest BCUT2D eigenvalue weighted by Crippen LogP contribution is 2.27. The number of hydrogen-bond donors (Lipinski definition) is 0. The largest absolute Gasteiger partial charge is 0.489 e. The molecule has 1 nitrogen and oxygen atoms in total. The van der Waals surface area contributed by atoms with Crippen LogP contribution in [-0.2, 0) is 6.61 Å². The minimum atomic E-state index is -1.56. The lowest BCUT2D eigenvalue weighted by molar-refractivity contribution is 0.299. The third-order valence-electron chi connectivity index (χ3n) is 3.90. The second-order valence-electron chi connectivity index (χ2n) is 5.74. The van der Waals surface area contributed by atoms with Crippen LogP contribution in [0.5, 0.6) is 5.75 Å². The van der Waals surface area contributed by atoms with E-state index in [1.165, 1.54) is 19.1 Å². The van der Waals surface area contributed by atoms with Gasteiger partial charge in [-0.15, -0.1) is 0 Å². The minimum absolute atomic E-state index is 0.0322. The van der Waals surface area contributed by atoms with Crippen molar-refractivity contribution >= 4 is 0 Å². The van der Waals surface area contributed by atoms with Crippen molar-refractivity contribution in [3.05, 3.63) is 88.7 Å². The molecule has 134 valence electrons. The fraction of sp³-hybridized carbons (Fsp3) is 0.100. The first kappa shape index (κ1) is 17.9. The van der Waals surface area contributed by atoms with Crippen LogP contribution < -0.4 is 4.74 Å². The molecule has 3 aromatic carbocycles. The second kappa shape index (κ2) is 7.15. The lowest BCUT2D eigenvalue weighted by atomic mass is 10.0. The maximum atomic E-state index is 14.0. The molecule has 0 spiro atoms. The van der Waals surface area contributed by atoms with Gasteiger partial charge in [0.05, 0.1) is 0 Å². The van der Waals surface area contributed by atoms with Crippen LogP contribution in [0.3, 0.4) is 0 Å². The molecule has 3 rings (SSSR count). The number of ether oxygens (including phenoxy) is 1. The molecule has 0 atom stereocenters. The summed E-state index contributed by atoms with van der Waals surface area (Å²) in [5, 5.41) is 0. The quantitative estimate of drug-likeness (QED) is 0.411. The average Bonchev–Trinajstić information content (AvgIpc) is 2.63. The highest BCUT2D eigenvalue weighted by molar-refractivity contribution is 5.65. The van der Waals surface area contributed by atoms with E-state index in [1.54, 1.807) is 24.3 Å². The second-order valence-corrected chi connectivity index (χ2v) is 5.74. The first-order chi connectivity index (χ1) is 12.4. The van der Waals surface area contributed by atoms with Gasteiger partial charge in [0.25, 0.3) is 0 Å². The van der Waals surface area contributed by atoms with E-state index in [0.717, 1.165) is 12.1 Å². The van der Waals surface area contributed by atoms with Crippen molar-refractivity contribution in [3.63, 3.8) is 0 Å². The molecule has 0 amide bonds. The number of hydrogen-bond acceptors (Lipinski definition) is 1. The van der Waals surface area contributed by atoms with Gasteiger partial charge >= 0.3 is 0 Å². The summed E-state index contributed by atoms with van der Waals surface area (Å²) in [7, 11) is 0. The Labute approximate surface area is 146 Å². The Kier molecular flexibility index (Phi) is 4.93. The van der Waals surface area contributed by atoms with Gasteiger partial charge < -0.3 is 4.74 Å². The number of halogens is 5. The van der Waals surface area contributed by atoms with Crippen molar-refractivity contribution in [1.82, 2.24) is 0 Å². The normalized spacial score (nSPS) is 10.8. The van der Waals surface area contributed by atoms with E-state index in [0.29, 0.717) is 11.1 Å². The van der Waals surface area contributed by atoms with Crippen molar-refractivity contribution in [2.24, 2.45) is 0 Å². The summed E-state index contributed by atoms with van der Waals surface area (Å²) < 4.78 is 72.1. The van der Waals surface area contributed by atoms with Gasteiger partial charge in [-0.2, -0.15) is 0 Å². The molecule has 0 saturated carbocycles. The molecule has 0 fully saturated rings. The predicted octanol–water partition coefficient (Wildman–Crippen LogP) is 5.94. The third-order valence-corrected chi connectivity index (χ3v) is 3.90. The van der Waals surface area contributed by atoms with E-state index in [4.69, 9.17) is 4.74 Å². The summed E-state index contributed by atoms with van der Waals surface area (Å²) in [6.45, 7) is 1.44. The highest BCUT2D eigenvalue weighted by Gasteiger charge is 2.13. The Morgan fingerprint density at radius 2 is 1.35 bits per heavy atom. The van der Waals surface area contributed by atoms with E-state index in [2.05, 4.69) is 0 Å². The van der Waals surface area contributed by atoms with Gasteiger partial charge in [0.15, 0.2) is 29.1 Å². The van der Waals surface area contributed by atoms with E-state index in [-0.39, 0.29) is 23.5 Å². The molecule has 26 heavy (non-hydrogen) atoms. The van der Waals surface area contributed by atoms with Crippen molar-refractivity contribution in [3.8, 4) is 16.9 Å². The van der Waals surface area contributed by atoms with Gasteiger partial charge in [0.1, 0.15) is 12.4 Å². The molecule has 0 N–H and O–H groups in total. The van der Waals surface area contributed by atoms with Crippen LogP contribution in [0.25, 0.3) is 11.1 Å². The van der Waals surface area contributed by atoms with Gasteiger partial charge in [0, 0.05) is 17.7 Å². The Morgan fingerprint density at radius 3 is 1.96 bits per heavy atom. The van der Waals surface area contributed by atoms with E-state index < -0.39 is 29.1 Å². The highest BCUT2D eigenvalue weighted by atomic mass is 19.2. The molecule has 3 aromatic rings. The molecular formula is C20H13F5O. The lowest BCUT2D eigenvalue weighted by Crippen LogP contribution is -1.99. The zero-order valence-corrected chi connectivity index (χ0v) is 13.6. The van der Waals surface area contributed by atoms with Crippen LogP contribution in [0.4, 0.5) is 22.0 Å². The standard InChI is InChI=1S/C20H13F5O/c1-11-2-7-15(19(24)18(11)23)13-5-3-12(4-6-13)10-26-14-8-16(21)20(25)17(22)9-14/h2-9H,10H2,1H3. The summed E-state index contributed by atoms with van der Waals surface area (Å²) in [4.78, 5) is 0. The fourth-order valence-electron chi connectivity index (χ4n) is 2.43. The molecule has 0 heterocycles. The fourth-order valence-corrected chi connectivity index (χ4v) is 2.43. The van der Waals surface area contributed by atoms with Crippen molar-refractivity contribution in [2.75, 3.05) is 0 Å². The summed E-state index contributed by atoms with van der Waals surface area (Å²) >= 11 is 0. The van der Waals surface area contributed by atoms with Crippen molar-refractivity contribution in [2.45, 2.75) is 13.5 Å². The SMILES string of the molecule is Cc1ccc(-c2ccc(COc3cc(F)c(F)c(F)c3)cc2)c(F)c1F. The number of benzene rings is 3. The van der Waals surface area contributed by atoms with Gasteiger partial charge in [-0.05, 0) is 23.6 Å². The molecule has 0 radical (unpaired) electrons. The molecule has 0 unspecified atom stereocenters. The smallest absolute Gasteiger partial charge is 0.194 e. The first-order valence-electron chi connectivity index (χ1n) is 7.68. The maximum absolute atomic E-state index is 14.0. The summed E-state index contributed by atoms with van der Waals surface area (Å²) in [5.41, 5.74) is 1.45. The molecular weight excluding hydrogens is 351 g/mol. The first-order valence-corrected chi connectivity index (χ1v) is 7.68. The monoisotopic (exact) mass is 364 g/mol. The van der Waals surface area contributed by atoms with Crippen LogP contribution in [0.15, 0.2) is 48.5 Å². The van der Waals surface area contributed by atoms with Gasteiger partial charge in [-0.1, -0.05) is 36.4 Å². The number of rotatable bonds is 4. The van der Waals surface area contributed by atoms with Gasteiger partial charge in [-0.25, -0.2) is 22.0 Å².